The maximum atomic E-state index is 5.60. The molecule has 0 aromatic heterocycles. The second-order valence-electron chi connectivity index (χ2n) is 5.55. The maximum Gasteiger partial charge on any atom is 0.0639 e. The molecule has 0 heterocycles. The Morgan fingerprint density at radius 3 is 2.89 bits per heavy atom. The number of hydrogen-bond donors (Lipinski definition) is 1. The monoisotopic (exact) mass is 247 g/mol. The van der Waals surface area contributed by atoms with Crippen LogP contribution in [-0.4, -0.2) is 19.8 Å². The van der Waals surface area contributed by atoms with Gasteiger partial charge < -0.3 is 10.1 Å². The topological polar surface area (TPSA) is 21.3 Å². The second kappa shape index (κ2) is 6.79. The molecule has 100 valence electrons. The summed E-state index contributed by atoms with van der Waals surface area (Å²) in [6.07, 6.45) is 5.14. The summed E-state index contributed by atoms with van der Waals surface area (Å²) in [4.78, 5) is 0. The molecule has 1 aliphatic carbocycles. The maximum absolute atomic E-state index is 5.60. The minimum atomic E-state index is 0.620. The van der Waals surface area contributed by atoms with Crippen LogP contribution in [0.25, 0.3) is 0 Å². The van der Waals surface area contributed by atoms with Gasteiger partial charge in [-0.1, -0.05) is 26.0 Å². The standard InChI is InChI=1S/C16H25NO/c1-13(2)12-18-11-10-17-16-9-5-7-14-6-3-4-8-15(14)16/h5,7,9,13,17H,3-4,6,8,10-12H2,1-2H3. The van der Waals surface area contributed by atoms with E-state index >= 15 is 0 Å². The highest BCUT2D eigenvalue weighted by molar-refractivity contribution is 5.55. The third-order valence-electron chi connectivity index (χ3n) is 3.41. The highest BCUT2D eigenvalue weighted by Crippen LogP contribution is 2.27. The van der Waals surface area contributed by atoms with Crippen molar-refractivity contribution >= 4 is 5.69 Å². The fourth-order valence-electron chi connectivity index (χ4n) is 2.52. The van der Waals surface area contributed by atoms with Gasteiger partial charge in [0, 0.05) is 18.8 Å². The summed E-state index contributed by atoms with van der Waals surface area (Å²) in [5.41, 5.74) is 4.39. The minimum absolute atomic E-state index is 0.620. The molecule has 0 atom stereocenters. The van der Waals surface area contributed by atoms with E-state index in [2.05, 4.69) is 37.4 Å². The quantitative estimate of drug-likeness (QED) is 0.775. The lowest BCUT2D eigenvalue weighted by molar-refractivity contribution is 0.118. The number of aryl methyl sites for hydroxylation is 1. The van der Waals surface area contributed by atoms with Crippen molar-refractivity contribution in [3.8, 4) is 0 Å². The Kier molecular flexibility index (Phi) is 5.06. The van der Waals surface area contributed by atoms with Crippen LogP contribution in [0.15, 0.2) is 18.2 Å². The van der Waals surface area contributed by atoms with Gasteiger partial charge in [0.1, 0.15) is 0 Å². The van der Waals surface area contributed by atoms with Crippen LogP contribution < -0.4 is 5.32 Å². The third kappa shape index (κ3) is 3.74. The van der Waals surface area contributed by atoms with E-state index < -0.39 is 0 Å². The van der Waals surface area contributed by atoms with E-state index in [4.69, 9.17) is 4.74 Å². The molecule has 1 N–H and O–H groups in total. The Morgan fingerprint density at radius 2 is 2.06 bits per heavy atom. The molecule has 2 rings (SSSR count). The Hall–Kier alpha value is -1.02. The molecule has 0 amide bonds. The average Bonchev–Trinajstić information content (AvgIpc) is 2.38. The van der Waals surface area contributed by atoms with Crippen LogP contribution in [0.5, 0.6) is 0 Å². The van der Waals surface area contributed by atoms with Crippen LogP contribution in [0.3, 0.4) is 0 Å². The number of anilines is 1. The SMILES string of the molecule is CC(C)COCCNc1cccc2c1CCCC2. The molecule has 18 heavy (non-hydrogen) atoms. The summed E-state index contributed by atoms with van der Waals surface area (Å²) < 4.78 is 5.60. The zero-order chi connectivity index (χ0) is 12.8. The van der Waals surface area contributed by atoms with E-state index in [-0.39, 0.29) is 0 Å². The van der Waals surface area contributed by atoms with E-state index in [1.165, 1.54) is 42.5 Å². The third-order valence-corrected chi connectivity index (χ3v) is 3.41. The van der Waals surface area contributed by atoms with Gasteiger partial charge in [0.25, 0.3) is 0 Å². The van der Waals surface area contributed by atoms with Crippen LogP contribution in [0.2, 0.25) is 0 Å². The number of ether oxygens (including phenoxy) is 1. The molecular formula is C16H25NO. The highest BCUT2D eigenvalue weighted by atomic mass is 16.5. The number of benzene rings is 1. The average molecular weight is 247 g/mol. The van der Waals surface area contributed by atoms with Gasteiger partial charge in [-0.3, -0.25) is 0 Å². The molecule has 0 aliphatic heterocycles. The minimum Gasteiger partial charge on any atom is -0.382 e. The van der Waals surface area contributed by atoms with Gasteiger partial charge in [-0.15, -0.1) is 0 Å². The number of fused-ring (bicyclic) bond motifs is 1. The fraction of sp³-hybridized carbons (Fsp3) is 0.625. The van der Waals surface area contributed by atoms with Gasteiger partial charge in [-0.2, -0.15) is 0 Å². The van der Waals surface area contributed by atoms with E-state index in [9.17, 15) is 0 Å². The summed E-state index contributed by atoms with van der Waals surface area (Å²) in [6, 6.07) is 6.64. The lowest BCUT2D eigenvalue weighted by Gasteiger charge is -2.20. The Labute approximate surface area is 111 Å². The smallest absolute Gasteiger partial charge is 0.0639 e. The van der Waals surface area contributed by atoms with Gasteiger partial charge >= 0.3 is 0 Å². The van der Waals surface area contributed by atoms with E-state index in [1.54, 1.807) is 0 Å². The van der Waals surface area contributed by atoms with E-state index in [0.29, 0.717) is 5.92 Å². The zero-order valence-corrected chi connectivity index (χ0v) is 11.7. The molecule has 1 aliphatic rings. The molecule has 0 unspecified atom stereocenters. The summed E-state index contributed by atoms with van der Waals surface area (Å²) in [6.45, 7) is 6.92. The first-order valence-corrected chi connectivity index (χ1v) is 7.19. The molecular weight excluding hydrogens is 222 g/mol. The highest BCUT2D eigenvalue weighted by Gasteiger charge is 2.12. The van der Waals surface area contributed by atoms with Gasteiger partial charge in [0.05, 0.1) is 6.61 Å². The van der Waals surface area contributed by atoms with Crippen molar-refractivity contribution in [1.29, 1.82) is 0 Å². The van der Waals surface area contributed by atoms with Gasteiger partial charge in [0.15, 0.2) is 0 Å². The van der Waals surface area contributed by atoms with Crippen molar-refractivity contribution in [1.82, 2.24) is 0 Å². The Bertz CT molecular complexity index is 373. The molecule has 1 aromatic carbocycles. The first-order chi connectivity index (χ1) is 8.77. The molecule has 2 nitrogen and oxygen atoms in total. The molecule has 1 aromatic rings. The van der Waals surface area contributed by atoms with Crippen molar-refractivity contribution < 1.29 is 4.74 Å². The summed E-state index contributed by atoms with van der Waals surface area (Å²) in [5.74, 6) is 0.620. The zero-order valence-electron chi connectivity index (χ0n) is 11.7. The molecule has 0 spiro atoms. The molecule has 0 bridgehead atoms. The van der Waals surface area contributed by atoms with Crippen LogP contribution in [-0.2, 0) is 17.6 Å². The van der Waals surface area contributed by atoms with Crippen LogP contribution >= 0.6 is 0 Å². The number of rotatable bonds is 6. The number of hydrogen-bond acceptors (Lipinski definition) is 2. The Morgan fingerprint density at radius 1 is 1.22 bits per heavy atom. The second-order valence-corrected chi connectivity index (χ2v) is 5.55. The molecule has 0 saturated carbocycles. The van der Waals surface area contributed by atoms with Crippen molar-refractivity contribution in [3.05, 3.63) is 29.3 Å². The van der Waals surface area contributed by atoms with Crippen LogP contribution in [0.1, 0.15) is 37.8 Å². The number of nitrogens with one attached hydrogen (secondary N) is 1. The summed E-state index contributed by atoms with van der Waals surface area (Å²) in [5, 5.41) is 3.52. The predicted molar refractivity (Wildman–Crippen MR) is 77.2 cm³/mol. The van der Waals surface area contributed by atoms with Gasteiger partial charge in [-0.05, 0) is 48.8 Å². The van der Waals surface area contributed by atoms with Crippen LogP contribution in [0.4, 0.5) is 5.69 Å². The van der Waals surface area contributed by atoms with E-state index in [1.807, 2.05) is 0 Å². The van der Waals surface area contributed by atoms with Crippen molar-refractivity contribution in [2.24, 2.45) is 5.92 Å². The Balaban J connectivity index is 1.82. The van der Waals surface area contributed by atoms with Gasteiger partial charge in [0.2, 0.25) is 0 Å². The lowest BCUT2D eigenvalue weighted by Crippen LogP contribution is -2.14. The van der Waals surface area contributed by atoms with Crippen molar-refractivity contribution in [3.63, 3.8) is 0 Å². The molecule has 0 radical (unpaired) electrons. The predicted octanol–water partition coefficient (Wildman–Crippen LogP) is 3.65. The van der Waals surface area contributed by atoms with Crippen molar-refractivity contribution in [2.75, 3.05) is 25.1 Å². The first-order valence-electron chi connectivity index (χ1n) is 7.19. The van der Waals surface area contributed by atoms with E-state index in [0.717, 1.165) is 19.8 Å². The fourth-order valence-corrected chi connectivity index (χ4v) is 2.52. The van der Waals surface area contributed by atoms with Crippen LogP contribution in [0, 0.1) is 5.92 Å². The van der Waals surface area contributed by atoms with Gasteiger partial charge in [-0.25, -0.2) is 0 Å². The first kappa shape index (κ1) is 13.4. The molecule has 0 saturated heterocycles. The molecule has 0 fully saturated rings. The summed E-state index contributed by atoms with van der Waals surface area (Å²) >= 11 is 0. The normalized spacial score (nSPS) is 14.6. The molecule has 2 heteroatoms. The largest absolute Gasteiger partial charge is 0.382 e. The summed E-state index contributed by atoms with van der Waals surface area (Å²) in [7, 11) is 0. The lowest BCUT2D eigenvalue weighted by atomic mass is 9.90. The van der Waals surface area contributed by atoms with Crippen molar-refractivity contribution in [2.45, 2.75) is 39.5 Å².